The van der Waals surface area contributed by atoms with Gasteiger partial charge in [0.1, 0.15) is 12.4 Å². The number of anilines is 1. The van der Waals surface area contributed by atoms with Crippen LogP contribution in [0.15, 0.2) is 79.4 Å². The zero-order valence-corrected chi connectivity index (χ0v) is 20.3. The van der Waals surface area contributed by atoms with E-state index in [4.69, 9.17) is 16.7 Å². The van der Waals surface area contributed by atoms with E-state index in [0.29, 0.717) is 32.3 Å². The van der Waals surface area contributed by atoms with Crippen LogP contribution in [-0.2, 0) is 16.0 Å². The lowest BCUT2D eigenvalue weighted by Crippen LogP contribution is -2.44. The number of hydrogen-bond acceptors (Lipinski definition) is 7. The van der Waals surface area contributed by atoms with Gasteiger partial charge in [0.05, 0.1) is 11.3 Å². The maximum atomic E-state index is 13.1. The standard InChI is InChI=1S/C25H20ClN7O5/c26-19-4-7-22(33-15-27-30-31-33)18(14-19)3-8-23(34)29-21(13-16-9-11-32(38)12-10-16)24(35)28-20-5-1-17(2-6-20)25(36)37/h1-12,14-15,21H,13H2,(H,28,35)(H,29,34)(H,36,37)/t21-/m0/s1. The summed E-state index contributed by atoms with van der Waals surface area (Å²) in [5.41, 5.74) is 2.19. The Morgan fingerprint density at radius 2 is 1.84 bits per heavy atom. The molecule has 2 amide bonds. The minimum atomic E-state index is -1.09. The smallest absolute Gasteiger partial charge is 0.335 e. The molecule has 192 valence electrons. The van der Waals surface area contributed by atoms with Crippen molar-refractivity contribution in [2.45, 2.75) is 12.5 Å². The highest BCUT2D eigenvalue weighted by Gasteiger charge is 2.21. The quantitative estimate of drug-likeness (QED) is 0.167. The van der Waals surface area contributed by atoms with E-state index in [9.17, 15) is 19.6 Å². The highest BCUT2D eigenvalue weighted by molar-refractivity contribution is 6.30. The van der Waals surface area contributed by atoms with Crippen LogP contribution in [-0.4, -0.2) is 49.1 Å². The van der Waals surface area contributed by atoms with Crippen LogP contribution in [0, 0.1) is 5.21 Å². The third kappa shape index (κ3) is 6.77. The van der Waals surface area contributed by atoms with Crippen molar-refractivity contribution < 1.29 is 24.2 Å². The summed E-state index contributed by atoms with van der Waals surface area (Å²) < 4.78 is 2.02. The summed E-state index contributed by atoms with van der Waals surface area (Å²) in [5.74, 6) is -2.20. The first kappa shape index (κ1) is 26.0. The van der Waals surface area contributed by atoms with Crippen LogP contribution in [0.2, 0.25) is 5.02 Å². The van der Waals surface area contributed by atoms with Crippen LogP contribution in [0.5, 0.6) is 0 Å². The van der Waals surface area contributed by atoms with Crippen LogP contribution < -0.4 is 15.4 Å². The number of halogens is 1. The van der Waals surface area contributed by atoms with E-state index in [1.54, 1.807) is 30.3 Å². The monoisotopic (exact) mass is 533 g/mol. The minimum absolute atomic E-state index is 0.0650. The fourth-order valence-electron chi connectivity index (χ4n) is 3.47. The van der Waals surface area contributed by atoms with E-state index >= 15 is 0 Å². The molecule has 0 spiro atoms. The van der Waals surface area contributed by atoms with E-state index in [0.717, 1.165) is 0 Å². The topological polar surface area (TPSA) is 166 Å². The number of aromatic carboxylic acids is 1. The molecule has 0 radical (unpaired) electrons. The predicted molar refractivity (Wildman–Crippen MR) is 136 cm³/mol. The number of pyridine rings is 1. The highest BCUT2D eigenvalue weighted by Crippen LogP contribution is 2.20. The van der Waals surface area contributed by atoms with Crippen molar-refractivity contribution in [1.82, 2.24) is 25.5 Å². The van der Waals surface area contributed by atoms with E-state index < -0.39 is 23.8 Å². The van der Waals surface area contributed by atoms with Crippen LogP contribution in [0.3, 0.4) is 0 Å². The van der Waals surface area contributed by atoms with Crippen LogP contribution in [0.1, 0.15) is 21.5 Å². The number of carboxylic acid groups (broad SMARTS) is 1. The van der Waals surface area contributed by atoms with E-state index in [2.05, 4.69) is 26.2 Å². The normalized spacial score (nSPS) is 11.7. The molecule has 0 fully saturated rings. The number of benzene rings is 2. The van der Waals surface area contributed by atoms with Gasteiger partial charge in [-0.1, -0.05) is 11.6 Å². The molecule has 4 aromatic rings. The van der Waals surface area contributed by atoms with E-state index in [-0.39, 0.29) is 12.0 Å². The fraction of sp³-hybridized carbons (Fsp3) is 0.0800. The van der Waals surface area contributed by atoms with Crippen molar-refractivity contribution in [2.24, 2.45) is 0 Å². The Balaban J connectivity index is 1.53. The molecule has 0 aliphatic rings. The molecule has 0 unspecified atom stereocenters. The first-order valence-electron chi connectivity index (χ1n) is 11.1. The summed E-state index contributed by atoms with van der Waals surface area (Å²) in [5, 5.41) is 37.3. The number of rotatable bonds is 9. The molecular formula is C25H20ClN7O5. The van der Waals surface area contributed by atoms with Gasteiger partial charge in [0.15, 0.2) is 12.4 Å². The first-order valence-corrected chi connectivity index (χ1v) is 11.5. The van der Waals surface area contributed by atoms with Gasteiger partial charge in [0, 0.05) is 40.9 Å². The lowest BCUT2D eigenvalue weighted by Gasteiger charge is -2.18. The number of hydrogen-bond donors (Lipinski definition) is 3. The van der Waals surface area contributed by atoms with Crippen molar-refractivity contribution in [2.75, 3.05) is 5.32 Å². The summed E-state index contributed by atoms with van der Waals surface area (Å²) >= 11 is 6.12. The van der Waals surface area contributed by atoms with E-state index in [1.165, 1.54) is 59.8 Å². The lowest BCUT2D eigenvalue weighted by molar-refractivity contribution is -0.605. The number of aromatic nitrogens is 5. The molecule has 0 aliphatic heterocycles. The van der Waals surface area contributed by atoms with Gasteiger partial charge >= 0.3 is 5.97 Å². The molecule has 12 nitrogen and oxygen atoms in total. The Morgan fingerprint density at radius 1 is 1.11 bits per heavy atom. The maximum Gasteiger partial charge on any atom is 0.335 e. The molecule has 0 aliphatic carbocycles. The minimum Gasteiger partial charge on any atom is -0.619 e. The summed E-state index contributed by atoms with van der Waals surface area (Å²) in [6, 6.07) is 12.7. The Hall–Kier alpha value is -5.10. The van der Waals surface area contributed by atoms with Gasteiger partial charge in [0.2, 0.25) is 11.8 Å². The summed E-state index contributed by atoms with van der Waals surface area (Å²) in [4.78, 5) is 37.0. The Morgan fingerprint density at radius 3 is 2.50 bits per heavy atom. The molecule has 1 atom stereocenters. The molecule has 3 N–H and O–H groups in total. The van der Waals surface area contributed by atoms with Crippen LogP contribution in [0.4, 0.5) is 5.69 Å². The molecule has 2 heterocycles. The zero-order chi connectivity index (χ0) is 27.1. The van der Waals surface area contributed by atoms with Gasteiger partial charge in [-0.2, -0.15) is 9.41 Å². The SMILES string of the molecule is O=C(C=Cc1cc(Cl)ccc1-n1cnnn1)N[C@@H](Cc1cc[n+]([O-])cc1)C(=O)Nc1ccc(C(=O)O)cc1. The average molecular weight is 534 g/mol. The number of amides is 2. The largest absolute Gasteiger partial charge is 0.619 e. The molecule has 13 heteroatoms. The Kier molecular flexibility index (Phi) is 8.04. The molecule has 38 heavy (non-hydrogen) atoms. The maximum absolute atomic E-state index is 13.1. The molecule has 4 rings (SSSR count). The van der Waals surface area contributed by atoms with Gasteiger partial charge in [-0.15, -0.1) is 5.10 Å². The second-order valence-corrected chi connectivity index (χ2v) is 8.43. The molecule has 2 aromatic heterocycles. The van der Waals surface area contributed by atoms with Crippen molar-refractivity contribution in [1.29, 1.82) is 0 Å². The van der Waals surface area contributed by atoms with Gasteiger partial charge in [0.25, 0.3) is 0 Å². The summed E-state index contributed by atoms with van der Waals surface area (Å²) in [6.45, 7) is 0. The fourth-order valence-corrected chi connectivity index (χ4v) is 3.66. The summed E-state index contributed by atoms with van der Waals surface area (Å²) in [7, 11) is 0. The van der Waals surface area contributed by atoms with Crippen LogP contribution in [0.25, 0.3) is 11.8 Å². The van der Waals surface area contributed by atoms with Gasteiger partial charge < -0.3 is 20.9 Å². The van der Waals surface area contributed by atoms with Crippen LogP contribution >= 0.6 is 11.6 Å². The second-order valence-electron chi connectivity index (χ2n) is 7.99. The van der Waals surface area contributed by atoms with Gasteiger partial charge in [-0.05, 0) is 64.5 Å². The van der Waals surface area contributed by atoms with Gasteiger partial charge in [-0.3, -0.25) is 9.59 Å². The van der Waals surface area contributed by atoms with Crippen molar-refractivity contribution in [3.63, 3.8) is 0 Å². The van der Waals surface area contributed by atoms with Gasteiger partial charge in [-0.25, -0.2) is 4.79 Å². The highest BCUT2D eigenvalue weighted by atomic mass is 35.5. The summed E-state index contributed by atoms with van der Waals surface area (Å²) in [6.07, 6.45) is 6.83. The molecule has 0 saturated heterocycles. The number of tetrazole rings is 1. The second kappa shape index (κ2) is 11.8. The number of carbonyl (C=O) groups excluding carboxylic acids is 2. The van der Waals surface area contributed by atoms with Crippen molar-refractivity contribution >= 4 is 41.1 Å². The third-order valence-corrected chi connectivity index (χ3v) is 5.58. The Labute approximate surface area is 220 Å². The molecular weight excluding hydrogens is 514 g/mol. The zero-order valence-electron chi connectivity index (χ0n) is 19.6. The third-order valence-electron chi connectivity index (χ3n) is 5.34. The molecule has 2 aromatic carbocycles. The molecule has 0 saturated carbocycles. The number of nitrogens with zero attached hydrogens (tertiary/aromatic N) is 5. The van der Waals surface area contributed by atoms with Crippen molar-refractivity contribution in [3.05, 3.63) is 106 Å². The number of carboxylic acids is 1. The Bertz CT molecular complexity index is 1470. The number of nitrogens with one attached hydrogen (secondary N) is 2. The van der Waals surface area contributed by atoms with Crippen molar-refractivity contribution in [3.8, 4) is 5.69 Å². The number of carbonyl (C=O) groups is 3. The predicted octanol–water partition coefficient (Wildman–Crippen LogP) is 2.03. The molecule has 0 bridgehead atoms. The average Bonchev–Trinajstić information content (AvgIpc) is 3.43. The lowest BCUT2D eigenvalue weighted by atomic mass is 10.1. The first-order chi connectivity index (χ1) is 18.3. The van der Waals surface area contributed by atoms with E-state index in [1.807, 2.05) is 0 Å².